The van der Waals surface area contributed by atoms with Crippen LogP contribution < -0.4 is 0 Å². The van der Waals surface area contributed by atoms with Crippen LogP contribution in [0.25, 0.3) is 0 Å². The summed E-state index contributed by atoms with van der Waals surface area (Å²) in [5.41, 5.74) is 0.614. The van der Waals surface area contributed by atoms with Gasteiger partial charge in [-0.25, -0.2) is 0 Å². The van der Waals surface area contributed by atoms with Gasteiger partial charge in [-0.3, -0.25) is 0 Å². The average Bonchev–Trinajstić information content (AvgIpc) is 1.84. The van der Waals surface area contributed by atoms with Gasteiger partial charge in [-0.2, -0.15) is 0 Å². The Balaban J connectivity index is 3.40. The van der Waals surface area contributed by atoms with Crippen LogP contribution >= 0.6 is 0 Å². The van der Waals surface area contributed by atoms with Crippen LogP contribution in [0.15, 0.2) is 0 Å². The zero-order valence-corrected chi connectivity index (χ0v) is 12.3. The molecule has 0 rings (SSSR count). The van der Waals surface area contributed by atoms with Crippen LogP contribution in [-0.2, 0) is 4.43 Å². The summed E-state index contributed by atoms with van der Waals surface area (Å²) >= 11 is 0. The highest BCUT2D eigenvalue weighted by Crippen LogP contribution is 2.10. The van der Waals surface area contributed by atoms with Crippen LogP contribution in [0.5, 0.6) is 0 Å². The number of hydrogen-bond donors (Lipinski definition) is 0. The third-order valence-electron chi connectivity index (χ3n) is 1.77. The van der Waals surface area contributed by atoms with Gasteiger partial charge >= 0.3 is 0 Å². The largest absolute Gasteiger partial charge is 0.419 e. The van der Waals surface area contributed by atoms with Gasteiger partial charge in [-0.1, -0.05) is 26.2 Å². The molecule has 74 valence electrons. The molecule has 1 atom stereocenters. The minimum Gasteiger partial charge on any atom is -0.419 e. The molecule has 3 heteroatoms. The van der Waals surface area contributed by atoms with Crippen molar-refractivity contribution in [1.29, 1.82) is 0 Å². The molecule has 0 aliphatic heterocycles. The van der Waals surface area contributed by atoms with E-state index in [-0.39, 0.29) is 0 Å². The van der Waals surface area contributed by atoms with E-state index in [0.717, 1.165) is 0 Å². The molecule has 12 heavy (non-hydrogen) atoms. The van der Waals surface area contributed by atoms with Crippen molar-refractivity contribution in [2.24, 2.45) is 0 Å². The highest BCUT2D eigenvalue weighted by molar-refractivity contribution is 6.70. The first-order valence-electron chi connectivity index (χ1n) is 5.13. The Morgan fingerprint density at radius 3 is 2.25 bits per heavy atom. The van der Waals surface area contributed by atoms with Crippen molar-refractivity contribution < 1.29 is 4.43 Å². The summed E-state index contributed by atoms with van der Waals surface area (Å²) in [7, 11) is -0.0465. The van der Waals surface area contributed by atoms with Crippen LogP contribution in [0.4, 0.5) is 0 Å². The standard InChI is InChI=1S/C9H24OSi2/c1-5-6-7-8-9(11)10-12(2,3)4/h9H,5-8H2,1-4,11H3. The van der Waals surface area contributed by atoms with Crippen LogP contribution in [0.1, 0.15) is 32.6 Å². The van der Waals surface area contributed by atoms with Crippen LogP contribution in [0.2, 0.25) is 19.6 Å². The Bertz CT molecular complexity index is 110. The lowest BCUT2D eigenvalue weighted by molar-refractivity contribution is 0.258. The van der Waals surface area contributed by atoms with Crippen molar-refractivity contribution in [3.05, 3.63) is 0 Å². The SMILES string of the molecule is CCCCCC([SiH3])O[Si](C)(C)C. The molecule has 1 unspecified atom stereocenters. The van der Waals surface area contributed by atoms with Gasteiger partial charge in [0.05, 0.1) is 0 Å². The lowest BCUT2D eigenvalue weighted by Crippen LogP contribution is -2.32. The van der Waals surface area contributed by atoms with Gasteiger partial charge in [0.15, 0.2) is 8.32 Å². The van der Waals surface area contributed by atoms with E-state index < -0.39 is 8.32 Å². The molecule has 0 N–H and O–H groups in total. The van der Waals surface area contributed by atoms with E-state index in [4.69, 9.17) is 4.43 Å². The van der Waals surface area contributed by atoms with Gasteiger partial charge in [0, 0.05) is 16.0 Å². The van der Waals surface area contributed by atoms with E-state index in [1.54, 1.807) is 0 Å². The van der Waals surface area contributed by atoms with E-state index in [9.17, 15) is 0 Å². The van der Waals surface area contributed by atoms with Gasteiger partial charge in [-0.05, 0) is 26.1 Å². The summed E-state index contributed by atoms with van der Waals surface area (Å²) in [6.07, 6.45) is 5.34. The molecule has 0 saturated heterocycles. The van der Waals surface area contributed by atoms with Gasteiger partial charge < -0.3 is 4.43 Å². The van der Waals surface area contributed by atoms with E-state index in [1.165, 1.54) is 35.9 Å². The minimum absolute atomic E-state index is 0.614. The van der Waals surface area contributed by atoms with Gasteiger partial charge in [0.25, 0.3) is 0 Å². The molecule has 0 saturated carbocycles. The average molecular weight is 204 g/mol. The zero-order valence-electron chi connectivity index (χ0n) is 9.31. The summed E-state index contributed by atoms with van der Waals surface area (Å²) in [6.45, 7) is 9.08. The molecule has 1 nitrogen and oxygen atoms in total. The van der Waals surface area contributed by atoms with E-state index >= 15 is 0 Å². The van der Waals surface area contributed by atoms with Crippen molar-refractivity contribution in [2.45, 2.75) is 58.0 Å². The summed E-state index contributed by atoms with van der Waals surface area (Å²) in [4.78, 5) is 0. The van der Waals surface area contributed by atoms with Gasteiger partial charge in [0.1, 0.15) is 0 Å². The molecular weight excluding hydrogens is 180 g/mol. The Kier molecular flexibility index (Phi) is 6.14. The first-order chi connectivity index (χ1) is 5.45. The molecule has 0 bridgehead atoms. The van der Waals surface area contributed by atoms with Crippen molar-refractivity contribution in [2.75, 3.05) is 0 Å². The monoisotopic (exact) mass is 204 g/mol. The van der Waals surface area contributed by atoms with Crippen molar-refractivity contribution in [3.63, 3.8) is 0 Å². The lowest BCUT2D eigenvalue weighted by atomic mass is 10.2. The molecule has 0 aliphatic rings. The van der Waals surface area contributed by atoms with Crippen LogP contribution in [-0.4, -0.2) is 24.3 Å². The first-order valence-corrected chi connectivity index (χ1v) is 9.70. The first kappa shape index (κ1) is 12.4. The predicted molar refractivity (Wildman–Crippen MR) is 62.3 cm³/mol. The lowest BCUT2D eigenvalue weighted by Gasteiger charge is -2.23. The summed E-state index contributed by atoms with van der Waals surface area (Å²) < 4.78 is 5.98. The summed E-state index contributed by atoms with van der Waals surface area (Å²) in [5, 5.41) is 0. The molecular formula is C9H24OSi2. The molecule has 0 aromatic rings. The molecule has 0 aliphatic carbocycles. The maximum atomic E-state index is 5.98. The Labute approximate surface area is 81.4 Å². The Morgan fingerprint density at radius 1 is 1.25 bits per heavy atom. The van der Waals surface area contributed by atoms with Crippen molar-refractivity contribution >= 4 is 18.6 Å². The molecule has 0 heterocycles. The van der Waals surface area contributed by atoms with E-state index in [1.807, 2.05) is 0 Å². The fourth-order valence-corrected chi connectivity index (χ4v) is 5.20. The summed E-state index contributed by atoms with van der Waals surface area (Å²) in [6, 6.07) is 0. The van der Waals surface area contributed by atoms with Crippen molar-refractivity contribution in [1.82, 2.24) is 0 Å². The Hall–Kier alpha value is 0.394. The fraction of sp³-hybridized carbons (Fsp3) is 1.00. The van der Waals surface area contributed by atoms with Gasteiger partial charge in [-0.15, -0.1) is 0 Å². The van der Waals surface area contributed by atoms with Crippen LogP contribution in [0.3, 0.4) is 0 Å². The third kappa shape index (κ3) is 8.49. The second kappa shape index (κ2) is 5.94. The molecule has 0 amide bonds. The normalized spacial score (nSPS) is 15.0. The zero-order chi connectivity index (χ0) is 9.61. The highest BCUT2D eigenvalue weighted by Gasteiger charge is 2.17. The van der Waals surface area contributed by atoms with Crippen molar-refractivity contribution in [3.8, 4) is 0 Å². The maximum Gasteiger partial charge on any atom is 0.183 e. The predicted octanol–water partition coefficient (Wildman–Crippen LogP) is 2.11. The second-order valence-corrected chi connectivity index (χ2v) is 10.3. The fourth-order valence-electron chi connectivity index (χ4n) is 1.34. The molecule has 0 aromatic heterocycles. The number of rotatable bonds is 6. The highest BCUT2D eigenvalue weighted by atomic mass is 28.4. The molecule has 0 radical (unpaired) electrons. The van der Waals surface area contributed by atoms with Crippen LogP contribution in [0, 0.1) is 0 Å². The van der Waals surface area contributed by atoms with E-state index in [0.29, 0.717) is 5.73 Å². The minimum atomic E-state index is -1.25. The number of unbranched alkanes of at least 4 members (excludes halogenated alkanes) is 2. The maximum absolute atomic E-state index is 5.98. The topological polar surface area (TPSA) is 9.23 Å². The summed E-state index contributed by atoms with van der Waals surface area (Å²) in [5.74, 6) is 0. The second-order valence-electron chi connectivity index (χ2n) is 4.54. The molecule has 0 aromatic carbocycles. The van der Waals surface area contributed by atoms with E-state index in [2.05, 4.69) is 26.6 Å². The molecule has 0 spiro atoms. The van der Waals surface area contributed by atoms with Gasteiger partial charge in [0.2, 0.25) is 0 Å². The third-order valence-corrected chi connectivity index (χ3v) is 4.16. The quantitative estimate of drug-likeness (QED) is 0.476. The Morgan fingerprint density at radius 2 is 1.83 bits per heavy atom. The smallest absolute Gasteiger partial charge is 0.183 e. The number of hydrogen-bond acceptors (Lipinski definition) is 1. The molecule has 0 fully saturated rings.